The van der Waals surface area contributed by atoms with E-state index in [0.29, 0.717) is 5.56 Å². The Balaban J connectivity index is 2.19. The van der Waals surface area contributed by atoms with E-state index in [-0.39, 0.29) is 11.8 Å². The van der Waals surface area contributed by atoms with Crippen LogP contribution >= 0.6 is 0 Å². The second-order valence-corrected chi connectivity index (χ2v) is 4.89. The number of hydrogen-bond donors (Lipinski definition) is 2. The van der Waals surface area contributed by atoms with Crippen molar-refractivity contribution >= 4 is 22.8 Å². The maximum Gasteiger partial charge on any atom is 0.328 e. The number of rotatable bonds is 4. The molecular weight excluding hydrogens is 258 g/mol. The number of amides is 1. The van der Waals surface area contributed by atoms with Crippen molar-refractivity contribution in [2.75, 3.05) is 7.11 Å². The van der Waals surface area contributed by atoms with Crippen molar-refractivity contribution in [3.05, 3.63) is 30.0 Å². The molecule has 2 rings (SSSR count). The van der Waals surface area contributed by atoms with Crippen LogP contribution in [0.15, 0.2) is 24.4 Å². The maximum atomic E-state index is 12.2. The lowest BCUT2D eigenvalue weighted by atomic mass is 10.0. The second kappa shape index (κ2) is 5.73. The molecule has 0 fully saturated rings. The largest absolute Gasteiger partial charge is 0.467 e. The highest BCUT2D eigenvalue weighted by Crippen LogP contribution is 2.13. The van der Waals surface area contributed by atoms with Crippen LogP contribution in [0.4, 0.5) is 0 Å². The molecule has 1 atom stereocenters. The zero-order valence-corrected chi connectivity index (χ0v) is 11.6. The van der Waals surface area contributed by atoms with E-state index in [1.165, 1.54) is 7.11 Å². The molecule has 6 nitrogen and oxygen atoms in total. The number of methoxy groups -OCH3 is 1. The Bertz CT molecular complexity index is 633. The molecule has 0 spiro atoms. The molecule has 1 heterocycles. The van der Waals surface area contributed by atoms with Gasteiger partial charge in [-0.3, -0.25) is 9.89 Å². The molecule has 0 bridgehead atoms. The number of fused-ring (bicyclic) bond motifs is 1. The first-order chi connectivity index (χ1) is 9.52. The fourth-order valence-electron chi connectivity index (χ4n) is 1.93. The van der Waals surface area contributed by atoms with Gasteiger partial charge in [0.15, 0.2) is 0 Å². The summed E-state index contributed by atoms with van der Waals surface area (Å²) in [5.41, 5.74) is 1.24. The Labute approximate surface area is 116 Å². The van der Waals surface area contributed by atoms with Crippen molar-refractivity contribution in [3.63, 3.8) is 0 Å². The average Bonchev–Trinajstić information content (AvgIpc) is 2.90. The van der Waals surface area contributed by atoms with Gasteiger partial charge in [-0.25, -0.2) is 4.79 Å². The summed E-state index contributed by atoms with van der Waals surface area (Å²) in [6.45, 7) is 3.69. The monoisotopic (exact) mass is 275 g/mol. The highest BCUT2D eigenvalue weighted by Gasteiger charge is 2.25. The predicted molar refractivity (Wildman–Crippen MR) is 74.2 cm³/mol. The molecule has 0 aliphatic rings. The quantitative estimate of drug-likeness (QED) is 0.828. The number of nitrogens with zero attached hydrogens (tertiary/aromatic N) is 1. The highest BCUT2D eigenvalue weighted by molar-refractivity contribution is 5.99. The van der Waals surface area contributed by atoms with Crippen LogP contribution in [-0.2, 0) is 9.53 Å². The summed E-state index contributed by atoms with van der Waals surface area (Å²) in [5, 5.41) is 10.3. The van der Waals surface area contributed by atoms with Crippen LogP contribution in [0, 0.1) is 5.92 Å². The molecule has 2 N–H and O–H groups in total. The molecule has 2 aromatic rings. The van der Waals surface area contributed by atoms with Crippen molar-refractivity contribution in [1.29, 1.82) is 0 Å². The van der Waals surface area contributed by atoms with Gasteiger partial charge in [0.25, 0.3) is 5.91 Å². The third-order valence-electron chi connectivity index (χ3n) is 3.11. The van der Waals surface area contributed by atoms with Crippen molar-refractivity contribution in [2.45, 2.75) is 19.9 Å². The Morgan fingerprint density at radius 2 is 2.10 bits per heavy atom. The van der Waals surface area contributed by atoms with Crippen LogP contribution in [0.5, 0.6) is 0 Å². The molecule has 0 aliphatic carbocycles. The van der Waals surface area contributed by atoms with E-state index in [4.69, 9.17) is 4.74 Å². The molecular formula is C14H17N3O3. The normalized spacial score (nSPS) is 12.4. The van der Waals surface area contributed by atoms with Gasteiger partial charge in [-0.05, 0) is 18.1 Å². The summed E-state index contributed by atoms with van der Waals surface area (Å²) in [5.74, 6) is -0.816. The number of carbonyl (C=O) groups excluding carboxylic acids is 2. The maximum absolute atomic E-state index is 12.2. The number of aromatic nitrogens is 2. The Hall–Kier alpha value is -2.37. The minimum atomic E-state index is -0.662. The van der Waals surface area contributed by atoms with Gasteiger partial charge in [0, 0.05) is 10.9 Å². The van der Waals surface area contributed by atoms with Gasteiger partial charge >= 0.3 is 5.97 Å². The zero-order chi connectivity index (χ0) is 14.7. The fourth-order valence-corrected chi connectivity index (χ4v) is 1.93. The number of ether oxygens (including phenoxy) is 1. The Morgan fingerprint density at radius 3 is 2.75 bits per heavy atom. The van der Waals surface area contributed by atoms with E-state index in [0.717, 1.165) is 10.9 Å². The smallest absolute Gasteiger partial charge is 0.328 e. The number of nitrogens with one attached hydrogen (secondary N) is 2. The molecule has 1 aromatic heterocycles. The summed E-state index contributed by atoms with van der Waals surface area (Å²) in [6, 6.07) is 4.54. The van der Waals surface area contributed by atoms with E-state index < -0.39 is 12.0 Å². The van der Waals surface area contributed by atoms with Crippen molar-refractivity contribution < 1.29 is 14.3 Å². The summed E-state index contributed by atoms with van der Waals surface area (Å²) in [4.78, 5) is 23.8. The van der Waals surface area contributed by atoms with Crippen LogP contribution in [0.1, 0.15) is 24.2 Å². The van der Waals surface area contributed by atoms with Gasteiger partial charge in [0.05, 0.1) is 18.8 Å². The van der Waals surface area contributed by atoms with E-state index in [1.807, 2.05) is 13.8 Å². The number of benzene rings is 1. The van der Waals surface area contributed by atoms with Crippen molar-refractivity contribution in [1.82, 2.24) is 15.5 Å². The van der Waals surface area contributed by atoms with Crippen LogP contribution in [0.3, 0.4) is 0 Å². The first kappa shape index (κ1) is 14.0. The summed E-state index contributed by atoms with van der Waals surface area (Å²) in [6.07, 6.45) is 1.68. The van der Waals surface area contributed by atoms with E-state index in [1.54, 1.807) is 24.4 Å². The topological polar surface area (TPSA) is 84.1 Å². The van der Waals surface area contributed by atoms with Crippen LogP contribution in [-0.4, -0.2) is 35.2 Å². The Kier molecular flexibility index (Phi) is 4.02. The lowest BCUT2D eigenvalue weighted by Crippen LogP contribution is -2.45. The minimum absolute atomic E-state index is 0.0534. The van der Waals surface area contributed by atoms with Gasteiger partial charge in [0.1, 0.15) is 6.04 Å². The average molecular weight is 275 g/mol. The van der Waals surface area contributed by atoms with E-state index >= 15 is 0 Å². The fraction of sp³-hybridized carbons (Fsp3) is 0.357. The molecule has 1 amide bonds. The number of carbonyl (C=O) groups is 2. The standard InChI is InChI=1S/C14H17N3O3/c1-8(2)12(14(19)20-3)16-13(18)9-4-5-10-7-15-17-11(10)6-9/h4-8,12H,1-3H3,(H,15,17)(H,16,18)/t12-/m0/s1. The first-order valence-electron chi connectivity index (χ1n) is 6.34. The minimum Gasteiger partial charge on any atom is -0.467 e. The molecule has 20 heavy (non-hydrogen) atoms. The summed E-state index contributed by atoms with van der Waals surface area (Å²) >= 11 is 0. The molecule has 1 aromatic carbocycles. The first-order valence-corrected chi connectivity index (χ1v) is 6.34. The van der Waals surface area contributed by atoms with Gasteiger partial charge in [-0.1, -0.05) is 19.9 Å². The second-order valence-electron chi connectivity index (χ2n) is 4.89. The summed E-state index contributed by atoms with van der Waals surface area (Å²) < 4.78 is 4.70. The van der Waals surface area contributed by atoms with Crippen LogP contribution in [0.25, 0.3) is 10.9 Å². The van der Waals surface area contributed by atoms with Crippen molar-refractivity contribution in [2.24, 2.45) is 5.92 Å². The summed E-state index contributed by atoms with van der Waals surface area (Å²) in [7, 11) is 1.31. The molecule has 0 unspecified atom stereocenters. The Morgan fingerprint density at radius 1 is 1.35 bits per heavy atom. The molecule has 0 saturated heterocycles. The van der Waals surface area contributed by atoms with E-state index in [2.05, 4.69) is 15.5 Å². The lowest BCUT2D eigenvalue weighted by molar-refractivity contribution is -0.144. The molecule has 106 valence electrons. The number of esters is 1. The van der Waals surface area contributed by atoms with Crippen LogP contribution < -0.4 is 5.32 Å². The van der Waals surface area contributed by atoms with Gasteiger partial charge < -0.3 is 10.1 Å². The van der Waals surface area contributed by atoms with Gasteiger partial charge in [-0.15, -0.1) is 0 Å². The highest BCUT2D eigenvalue weighted by atomic mass is 16.5. The SMILES string of the molecule is COC(=O)[C@@H](NC(=O)c1ccc2cn[nH]c2c1)C(C)C. The van der Waals surface area contributed by atoms with Crippen LogP contribution in [0.2, 0.25) is 0 Å². The zero-order valence-electron chi connectivity index (χ0n) is 11.6. The number of hydrogen-bond acceptors (Lipinski definition) is 4. The molecule has 0 aliphatic heterocycles. The van der Waals surface area contributed by atoms with E-state index in [9.17, 15) is 9.59 Å². The van der Waals surface area contributed by atoms with Gasteiger partial charge in [0.2, 0.25) is 0 Å². The predicted octanol–water partition coefficient (Wildman–Crippen LogP) is 1.49. The number of H-pyrrole nitrogens is 1. The third-order valence-corrected chi connectivity index (χ3v) is 3.11. The van der Waals surface area contributed by atoms with Crippen molar-refractivity contribution in [3.8, 4) is 0 Å². The third kappa shape index (κ3) is 2.79. The molecule has 6 heteroatoms. The number of aromatic amines is 1. The molecule has 0 saturated carbocycles. The van der Waals surface area contributed by atoms with Gasteiger partial charge in [-0.2, -0.15) is 5.10 Å². The molecule has 0 radical (unpaired) electrons. The lowest BCUT2D eigenvalue weighted by Gasteiger charge is -2.19.